The number of nitrogens with one attached hydrogen (secondary N) is 1. The Morgan fingerprint density at radius 2 is 1.68 bits per heavy atom. The van der Waals surface area contributed by atoms with Gasteiger partial charge in [-0.1, -0.05) is 52.3 Å². The number of carbonyl (C=O) groups is 4. The molecule has 2 heterocycles. The molecule has 2 aliphatic heterocycles. The first-order valence-corrected chi connectivity index (χ1v) is 13.8. The maximum absolute atomic E-state index is 13.9. The van der Waals surface area contributed by atoms with Gasteiger partial charge >= 0.3 is 0 Å². The normalized spacial score (nSPS) is 19.1. The van der Waals surface area contributed by atoms with Crippen molar-refractivity contribution in [1.29, 1.82) is 0 Å². The molecule has 5 rings (SSSR count). The van der Waals surface area contributed by atoms with Crippen LogP contribution in [0.5, 0.6) is 0 Å². The van der Waals surface area contributed by atoms with Crippen molar-refractivity contribution in [3.05, 3.63) is 105 Å². The van der Waals surface area contributed by atoms with Crippen LogP contribution in [0.25, 0.3) is 0 Å². The molecule has 2 unspecified atom stereocenters. The number of hydrogen-bond donors (Lipinski definition) is 1. The lowest BCUT2D eigenvalue weighted by Crippen LogP contribution is -2.65. The average molecular weight is 603 g/mol. The van der Waals surface area contributed by atoms with E-state index in [4.69, 9.17) is 0 Å². The summed E-state index contributed by atoms with van der Waals surface area (Å²) in [5, 5.41) is 5.77. The van der Waals surface area contributed by atoms with E-state index >= 15 is 0 Å². The molecule has 0 aromatic heterocycles. The van der Waals surface area contributed by atoms with Crippen LogP contribution >= 0.6 is 15.9 Å². The second-order valence-corrected chi connectivity index (χ2v) is 10.9. The van der Waals surface area contributed by atoms with E-state index in [1.54, 1.807) is 82.6 Å². The number of amides is 3. The highest BCUT2D eigenvalue weighted by Crippen LogP contribution is 2.30. The third kappa shape index (κ3) is 5.86. The average Bonchev–Trinajstić information content (AvgIpc) is 2.98. The lowest BCUT2D eigenvalue weighted by atomic mass is 9.87. The van der Waals surface area contributed by atoms with Gasteiger partial charge in [-0.05, 0) is 66.0 Å². The zero-order valence-electron chi connectivity index (χ0n) is 21.5. The second-order valence-electron chi connectivity index (χ2n) is 9.99. The number of carbonyl (C=O) groups excluding carboxylic acids is 4. The van der Waals surface area contributed by atoms with Crippen molar-refractivity contribution in [2.45, 2.75) is 37.4 Å². The number of nitrogens with zero attached hydrogens (tertiary/aromatic N) is 3. The summed E-state index contributed by atoms with van der Waals surface area (Å²) in [6.07, 6.45) is 1.05. The molecule has 0 saturated carbocycles. The van der Waals surface area contributed by atoms with Gasteiger partial charge in [-0.3, -0.25) is 19.2 Å². The molecule has 3 amide bonds. The zero-order chi connectivity index (χ0) is 28.2. The standard InChI is InChI=1S/C30H27BrN4O5/c31-22-8-4-7-21(16-22)28(37)32-25(15-19-9-11-23(33-40)12-10-19)30(39)34-14-13-24-17-26(34)27(36)18-35(24)29(38)20-5-2-1-3-6-20/h1-12,16,24-26H,13-15,17-18H2,(H,32,37)/t24-,25?,26?/m1/s1. The Kier molecular flexibility index (Phi) is 8.16. The zero-order valence-corrected chi connectivity index (χ0v) is 23.1. The van der Waals surface area contributed by atoms with E-state index in [1.807, 2.05) is 6.07 Å². The summed E-state index contributed by atoms with van der Waals surface area (Å²) in [4.78, 5) is 67.5. The van der Waals surface area contributed by atoms with E-state index in [0.29, 0.717) is 24.0 Å². The van der Waals surface area contributed by atoms with Gasteiger partial charge in [0.1, 0.15) is 11.7 Å². The molecule has 2 aliphatic rings. The first-order chi connectivity index (χ1) is 19.3. The molecule has 0 aliphatic carbocycles. The smallest absolute Gasteiger partial charge is 0.254 e. The number of nitroso groups, excluding NO2 is 1. The Balaban J connectivity index is 1.35. The maximum atomic E-state index is 13.9. The number of piperidine rings is 2. The summed E-state index contributed by atoms with van der Waals surface area (Å²) in [7, 11) is 0. The van der Waals surface area contributed by atoms with E-state index in [0.717, 1.165) is 10.0 Å². The van der Waals surface area contributed by atoms with Gasteiger partial charge in [0.25, 0.3) is 11.8 Å². The predicted molar refractivity (Wildman–Crippen MR) is 152 cm³/mol. The molecule has 3 aromatic carbocycles. The van der Waals surface area contributed by atoms with E-state index in [1.165, 1.54) is 0 Å². The summed E-state index contributed by atoms with van der Waals surface area (Å²) in [5.74, 6) is -1.17. The quantitative estimate of drug-likeness (QED) is 0.405. The summed E-state index contributed by atoms with van der Waals surface area (Å²) in [5.41, 5.74) is 1.90. The maximum Gasteiger partial charge on any atom is 0.254 e. The molecule has 9 nitrogen and oxygen atoms in total. The molecule has 2 fully saturated rings. The highest BCUT2D eigenvalue weighted by atomic mass is 79.9. The van der Waals surface area contributed by atoms with Crippen molar-refractivity contribution in [2.24, 2.45) is 5.18 Å². The topological polar surface area (TPSA) is 116 Å². The van der Waals surface area contributed by atoms with Crippen LogP contribution in [0.4, 0.5) is 5.69 Å². The van der Waals surface area contributed by atoms with Gasteiger partial charge in [0, 0.05) is 34.6 Å². The van der Waals surface area contributed by atoms with Gasteiger partial charge in [-0.15, -0.1) is 4.91 Å². The molecular weight excluding hydrogens is 576 g/mol. The summed E-state index contributed by atoms with van der Waals surface area (Å²) in [6.45, 7) is 0.220. The SMILES string of the molecule is O=Nc1ccc(CC(NC(=O)c2cccc(Br)c2)C(=O)N2CC[C@@H]3CC2C(=O)CN3C(=O)c2ccccc2)cc1. The Labute approximate surface area is 239 Å². The highest BCUT2D eigenvalue weighted by molar-refractivity contribution is 9.10. The van der Waals surface area contributed by atoms with Crippen molar-refractivity contribution in [1.82, 2.24) is 15.1 Å². The minimum atomic E-state index is -0.949. The fraction of sp³-hybridized carbons (Fsp3) is 0.267. The number of hydrogen-bond acceptors (Lipinski definition) is 6. The minimum absolute atomic E-state index is 0.0674. The van der Waals surface area contributed by atoms with Crippen LogP contribution in [0.15, 0.2) is 88.5 Å². The van der Waals surface area contributed by atoms with Crippen molar-refractivity contribution < 1.29 is 19.2 Å². The predicted octanol–water partition coefficient (Wildman–Crippen LogP) is 4.27. The third-order valence-electron chi connectivity index (χ3n) is 7.45. The van der Waals surface area contributed by atoms with Gasteiger partial charge in [0.2, 0.25) is 5.91 Å². The van der Waals surface area contributed by atoms with Crippen LogP contribution in [-0.4, -0.2) is 64.5 Å². The highest BCUT2D eigenvalue weighted by Gasteiger charge is 2.45. The first-order valence-electron chi connectivity index (χ1n) is 13.0. The third-order valence-corrected chi connectivity index (χ3v) is 7.94. The van der Waals surface area contributed by atoms with Crippen molar-refractivity contribution in [3.63, 3.8) is 0 Å². The van der Waals surface area contributed by atoms with Gasteiger partial charge in [0.05, 0.1) is 12.6 Å². The Bertz CT molecular complexity index is 1450. The van der Waals surface area contributed by atoms with Gasteiger partial charge in [0.15, 0.2) is 5.78 Å². The lowest BCUT2D eigenvalue weighted by Gasteiger charge is -2.48. The molecule has 0 radical (unpaired) electrons. The molecule has 2 bridgehead atoms. The van der Waals surface area contributed by atoms with E-state index in [9.17, 15) is 24.1 Å². The largest absolute Gasteiger partial charge is 0.340 e. The molecule has 2 saturated heterocycles. The Morgan fingerprint density at radius 3 is 2.38 bits per heavy atom. The summed E-state index contributed by atoms with van der Waals surface area (Å²) in [6, 6.07) is 20.4. The van der Waals surface area contributed by atoms with Crippen LogP contribution in [0, 0.1) is 4.91 Å². The van der Waals surface area contributed by atoms with E-state index in [-0.39, 0.29) is 48.8 Å². The first kappa shape index (κ1) is 27.4. The van der Waals surface area contributed by atoms with Crippen LogP contribution in [0.2, 0.25) is 0 Å². The van der Waals surface area contributed by atoms with Gasteiger partial charge < -0.3 is 15.1 Å². The number of likely N-dealkylation sites (tertiary alicyclic amines) is 2. The fourth-order valence-electron chi connectivity index (χ4n) is 5.39. The number of fused-ring (bicyclic) bond motifs is 2. The Hall–Kier alpha value is -4.18. The molecule has 204 valence electrons. The van der Waals surface area contributed by atoms with Crippen molar-refractivity contribution in [2.75, 3.05) is 13.1 Å². The van der Waals surface area contributed by atoms with Crippen molar-refractivity contribution in [3.8, 4) is 0 Å². The molecule has 40 heavy (non-hydrogen) atoms. The van der Waals surface area contributed by atoms with Crippen molar-refractivity contribution >= 4 is 45.1 Å². The molecular formula is C30H27BrN4O5. The van der Waals surface area contributed by atoms with Crippen LogP contribution < -0.4 is 5.32 Å². The summed E-state index contributed by atoms with van der Waals surface area (Å²) >= 11 is 3.37. The number of ketones is 1. The molecule has 10 heteroatoms. The molecule has 1 N–H and O–H groups in total. The van der Waals surface area contributed by atoms with Crippen LogP contribution in [0.3, 0.4) is 0 Å². The number of rotatable bonds is 7. The van der Waals surface area contributed by atoms with E-state index < -0.39 is 18.0 Å². The lowest BCUT2D eigenvalue weighted by molar-refractivity contribution is -0.147. The van der Waals surface area contributed by atoms with Gasteiger partial charge in [-0.2, -0.15) is 0 Å². The minimum Gasteiger partial charge on any atom is -0.340 e. The molecule has 3 atom stereocenters. The van der Waals surface area contributed by atoms with Crippen LogP contribution in [0.1, 0.15) is 39.1 Å². The number of benzene rings is 3. The number of Topliss-reactive ketones (excluding diaryl/α,β-unsaturated/α-hetero) is 1. The van der Waals surface area contributed by atoms with Crippen LogP contribution in [-0.2, 0) is 16.0 Å². The second kappa shape index (κ2) is 11.9. The van der Waals surface area contributed by atoms with Gasteiger partial charge in [-0.25, -0.2) is 0 Å². The fourth-order valence-corrected chi connectivity index (χ4v) is 5.78. The number of halogens is 1. The summed E-state index contributed by atoms with van der Waals surface area (Å²) < 4.78 is 0.726. The molecule has 0 spiro atoms. The Morgan fingerprint density at radius 1 is 0.950 bits per heavy atom. The monoisotopic (exact) mass is 602 g/mol. The molecule has 3 aromatic rings. The van der Waals surface area contributed by atoms with E-state index in [2.05, 4.69) is 26.4 Å².